The van der Waals surface area contributed by atoms with Crippen molar-refractivity contribution in [2.24, 2.45) is 12.5 Å². The van der Waals surface area contributed by atoms with Gasteiger partial charge in [0, 0.05) is 25.7 Å². The van der Waals surface area contributed by atoms with Gasteiger partial charge in [0.05, 0.1) is 11.1 Å². The van der Waals surface area contributed by atoms with E-state index in [4.69, 9.17) is 0 Å². The summed E-state index contributed by atoms with van der Waals surface area (Å²) in [6.07, 6.45) is 6.37. The number of aromatic nitrogens is 2. The molecule has 1 aliphatic heterocycles. The Kier molecular flexibility index (Phi) is 2.06. The first-order chi connectivity index (χ1) is 7.72. The van der Waals surface area contributed by atoms with E-state index in [1.807, 2.05) is 24.0 Å². The second-order valence-corrected chi connectivity index (χ2v) is 5.04. The number of aryl methyl sites for hydroxylation is 1. The summed E-state index contributed by atoms with van der Waals surface area (Å²) in [7, 11) is 1.93. The van der Waals surface area contributed by atoms with Crippen LogP contribution >= 0.6 is 0 Å². The number of nitrogens with zero attached hydrogens (tertiary/aromatic N) is 2. The van der Waals surface area contributed by atoms with E-state index in [1.165, 1.54) is 12.8 Å². The molecule has 1 atom stereocenters. The van der Waals surface area contributed by atoms with Crippen molar-refractivity contribution in [2.75, 3.05) is 6.54 Å². The van der Waals surface area contributed by atoms with Crippen molar-refractivity contribution < 1.29 is 4.79 Å². The molecule has 2 fully saturated rings. The number of carbonyl (C=O) groups is 1. The molecule has 1 aromatic heterocycles. The van der Waals surface area contributed by atoms with Gasteiger partial charge in [0.2, 0.25) is 5.91 Å². The van der Waals surface area contributed by atoms with E-state index in [9.17, 15) is 4.79 Å². The molecule has 0 aromatic carbocycles. The molecule has 1 aromatic rings. The van der Waals surface area contributed by atoms with E-state index in [0.29, 0.717) is 0 Å². The smallest absolute Gasteiger partial charge is 0.226 e. The Hall–Kier alpha value is -1.32. The molecule has 0 radical (unpaired) electrons. The Labute approximate surface area is 95.0 Å². The summed E-state index contributed by atoms with van der Waals surface area (Å²) in [6, 6.07) is 2.05. The Morgan fingerprint density at radius 2 is 2.25 bits per heavy atom. The summed E-state index contributed by atoms with van der Waals surface area (Å²) in [6.45, 7) is 0.760. The van der Waals surface area contributed by atoms with Gasteiger partial charge in [-0.15, -0.1) is 0 Å². The summed E-state index contributed by atoms with van der Waals surface area (Å²) in [5, 5.41) is 7.49. The SMILES string of the molecule is Cn1ccc([C@H]2CNC(=O)C23CCCC3)n1. The molecular formula is C12H17N3O. The maximum atomic E-state index is 12.0. The van der Waals surface area contributed by atoms with Gasteiger partial charge in [0.25, 0.3) is 0 Å². The molecule has 4 heteroatoms. The molecule has 0 bridgehead atoms. The number of hydrogen-bond donors (Lipinski definition) is 1. The Bertz CT molecular complexity index is 418. The second-order valence-electron chi connectivity index (χ2n) is 5.04. The van der Waals surface area contributed by atoms with Crippen LogP contribution in [0.4, 0.5) is 0 Å². The third-order valence-electron chi connectivity index (χ3n) is 4.17. The minimum atomic E-state index is -0.144. The van der Waals surface area contributed by atoms with Gasteiger partial charge in [0.1, 0.15) is 0 Å². The highest BCUT2D eigenvalue weighted by Crippen LogP contribution is 2.51. The average Bonchev–Trinajstić information content (AvgIpc) is 2.94. The molecule has 1 saturated carbocycles. The molecule has 1 saturated heterocycles. The van der Waals surface area contributed by atoms with Crippen molar-refractivity contribution in [3.63, 3.8) is 0 Å². The predicted molar refractivity (Wildman–Crippen MR) is 59.9 cm³/mol. The number of amides is 1. The molecule has 2 heterocycles. The van der Waals surface area contributed by atoms with Gasteiger partial charge in [-0.25, -0.2) is 0 Å². The molecule has 1 amide bonds. The quantitative estimate of drug-likeness (QED) is 0.771. The highest BCUT2D eigenvalue weighted by atomic mass is 16.2. The van der Waals surface area contributed by atoms with Crippen LogP contribution in [0.3, 0.4) is 0 Å². The second kappa shape index (κ2) is 3.34. The van der Waals surface area contributed by atoms with Crippen LogP contribution in [0, 0.1) is 5.41 Å². The van der Waals surface area contributed by atoms with Gasteiger partial charge in [-0.1, -0.05) is 12.8 Å². The van der Waals surface area contributed by atoms with Gasteiger partial charge in [-0.2, -0.15) is 5.10 Å². The van der Waals surface area contributed by atoms with Gasteiger partial charge in [0.15, 0.2) is 0 Å². The number of carbonyl (C=O) groups excluding carboxylic acids is 1. The van der Waals surface area contributed by atoms with E-state index < -0.39 is 0 Å². The maximum absolute atomic E-state index is 12.0. The monoisotopic (exact) mass is 219 g/mol. The van der Waals surface area contributed by atoms with Crippen molar-refractivity contribution in [1.29, 1.82) is 0 Å². The highest BCUT2D eigenvalue weighted by molar-refractivity contribution is 5.86. The Balaban J connectivity index is 1.98. The highest BCUT2D eigenvalue weighted by Gasteiger charge is 2.52. The molecule has 1 N–H and O–H groups in total. The summed E-state index contributed by atoms with van der Waals surface area (Å²) in [4.78, 5) is 12.0. The van der Waals surface area contributed by atoms with Gasteiger partial charge in [-0.05, 0) is 18.9 Å². The first kappa shape index (κ1) is 9.87. The molecule has 0 unspecified atom stereocenters. The zero-order valence-electron chi connectivity index (χ0n) is 9.57. The lowest BCUT2D eigenvalue weighted by Gasteiger charge is -2.26. The largest absolute Gasteiger partial charge is 0.355 e. The van der Waals surface area contributed by atoms with E-state index in [2.05, 4.69) is 10.4 Å². The lowest BCUT2D eigenvalue weighted by molar-refractivity contribution is -0.127. The van der Waals surface area contributed by atoms with Crippen LogP contribution in [0.25, 0.3) is 0 Å². The molecule has 4 nitrogen and oxygen atoms in total. The summed E-state index contributed by atoms with van der Waals surface area (Å²) >= 11 is 0. The van der Waals surface area contributed by atoms with Crippen LogP contribution in [0.2, 0.25) is 0 Å². The third-order valence-corrected chi connectivity index (χ3v) is 4.17. The minimum absolute atomic E-state index is 0.144. The molecule has 1 aliphatic carbocycles. The fourth-order valence-corrected chi connectivity index (χ4v) is 3.31. The van der Waals surface area contributed by atoms with E-state index in [1.54, 1.807) is 0 Å². The molecule has 2 aliphatic rings. The average molecular weight is 219 g/mol. The van der Waals surface area contributed by atoms with Crippen molar-refractivity contribution in [3.05, 3.63) is 18.0 Å². The molecule has 16 heavy (non-hydrogen) atoms. The summed E-state index contributed by atoms with van der Waals surface area (Å²) < 4.78 is 1.82. The first-order valence-corrected chi connectivity index (χ1v) is 6.00. The van der Waals surface area contributed by atoms with Crippen molar-refractivity contribution in [2.45, 2.75) is 31.6 Å². The van der Waals surface area contributed by atoms with Crippen LogP contribution in [0.1, 0.15) is 37.3 Å². The lowest BCUT2D eigenvalue weighted by atomic mass is 9.74. The minimum Gasteiger partial charge on any atom is -0.355 e. The number of nitrogens with one attached hydrogen (secondary N) is 1. The van der Waals surface area contributed by atoms with Crippen LogP contribution in [-0.4, -0.2) is 22.2 Å². The van der Waals surface area contributed by atoms with Gasteiger partial charge >= 0.3 is 0 Å². The molecular weight excluding hydrogens is 202 g/mol. The van der Waals surface area contributed by atoms with E-state index in [0.717, 1.165) is 25.1 Å². The van der Waals surface area contributed by atoms with Crippen LogP contribution in [0.5, 0.6) is 0 Å². The van der Waals surface area contributed by atoms with Crippen molar-refractivity contribution >= 4 is 5.91 Å². The zero-order valence-corrected chi connectivity index (χ0v) is 9.57. The lowest BCUT2D eigenvalue weighted by Crippen LogP contribution is -2.31. The number of hydrogen-bond acceptors (Lipinski definition) is 2. The van der Waals surface area contributed by atoms with E-state index >= 15 is 0 Å². The summed E-state index contributed by atoms with van der Waals surface area (Å²) in [5.74, 6) is 0.532. The fraction of sp³-hybridized carbons (Fsp3) is 0.667. The van der Waals surface area contributed by atoms with Gasteiger partial charge < -0.3 is 5.32 Å². The standard InChI is InChI=1S/C12H17N3O/c1-15-7-4-10(14-15)9-8-13-11(16)12(9)5-2-3-6-12/h4,7,9H,2-3,5-6,8H2,1H3,(H,13,16)/t9-/m1/s1. The normalized spacial score (nSPS) is 27.6. The Morgan fingerprint density at radius 1 is 1.50 bits per heavy atom. The predicted octanol–water partition coefficient (Wildman–Crippen LogP) is 1.19. The summed E-state index contributed by atoms with van der Waals surface area (Å²) in [5.41, 5.74) is 0.928. The van der Waals surface area contributed by atoms with Crippen LogP contribution in [0.15, 0.2) is 12.3 Å². The molecule has 86 valence electrons. The zero-order chi connectivity index (χ0) is 11.2. The molecule has 3 rings (SSSR count). The third kappa shape index (κ3) is 1.22. The van der Waals surface area contributed by atoms with Crippen molar-refractivity contribution in [1.82, 2.24) is 15.1 Å². The van der Waals surface area contributed by atoms with Crippen molar-refractivity contribution in [3.8, 4) is 0 Å². The topological polar surface area (TPSA) is 46.9 Å². The Morgan fingerprint density at radius 3 is 2.88 bits per heavy atom. The van der Waals surface area contributed by atoms with Crippen LogP contribution in [-0.2, 0) is 11.8 Å². The molecule has 1 spiro atoms. The fourth-order valence-electron chi connectivity index (χ4n) is 3.31. The maximum Gasteiger partial charge on any atom is 0.226 e. The first-order valence-electron chi connectivity index (χ1n) is 6.00. The van der Waals surface area contributed by atoms with E-state index in [-0.39, 0.29) is 17.2 Å². The van der Waals surface area contributed by atoms with Crippen LogP contribution < -0.4 is 5.32 Å². The number of rotatable bonds is 1. The van der Waals surface area contributed by atoms with Gasteiger partial charge in [-0.3, -0.25) is 9.48 Å².